The molecule has 38 heavy (non-hydrogen) atoms. The van der Waals surface area contributed by atoms with Crippen molar-refractivity contribution in [3.8, 4) is 0 Å². The van der Waals surface area contributed by atoms with Crippen LogP contribution < -0.4 is 27.4 Å². The molecule has 0 bridgehead atoms. The van der Waals surface area contributed by atoms with Gasteiger partial charge < -0.3 is 42.6 Å². The zero-order chi connectivity index (χ0) is 28.4. The molecule has 1 aromatic carbocycles. The van der Waals surface area contributed by atoms with Crippen LogP contribution in [-0.2, 0) is 35.2 Å². The summed E-state index contributed by atoms with van der Waals surface area (Å²) in [6.07, 6.45) is 0.0219. The summed E-state index contributed by atoms with van der Waals surface area (Å²) in [5.74, 6) is -6.48. The number of hydrogen-bond donors (Lipinski definition) is 9. The van der Waals surface area contributed by atoms with E-state index >= 15 is 0 Å². The second kappa shape index (κ2) is 14.0. The summed E-state index contributed by atoms with van der Waals surface area (Å²) in [5.41, 5.74) is 12.1. The number of para-hydroxylation sites is 1. The molecule has 1 aromatic heterocycles. The fourth-order valence-corrected chi connectivity index (χ4v) is 3.73. The molecule has 0 saturated heterocycles. The van der Waals surface area contributed by atoms with Crippen molar-refractivity contribution in [2.24, 2.45) is 11.5 Å². The quantitative estimate of drug-likeness (QED) is 0.114. The van der Waals surface area contributed by atoms with Gasteiger partial charge in [0, 0.05) is 35.7 Å². The van der Waals surface area contributed by atoms with E-state index in [1.165, 1.54) is 0 Å². The van der Waals surface area contributed by atoms with Gasteiger partial charge in [-0.2, -0.15) is 12.6 Å². The summed E-state index contributed by atoms with van der Waals surface area (Å²) in [4.78, 5) is 75.5. The first kappa shape index (κ1) is 30.1. The van der Waals surface area contributed by atoms with Gasteiger partial charge in [-0.25, -0.2) is 4.79 Å². The lowest BCUT2D eigenvalue weighted by Crippen LogP contribution is -2.58. The van der Waals surface area contributed by atoms with Crippen molar-refractivity contribution < 1.29 is 39.0 Å². The number of carboxylic acids is 2. The van der Waals surface area contributed by atoms with Crippen molar-refractivity contribution in [2.75, 3.05) is 5.75 Å². The lowest BCUT2D eigenvalue weighted by Gasteiger charge is -2.24. The molecule has 2 rings (SSSR count). The Labute approximate surface area is 222 Å². The third-order valence-electron chi connectivity index (χ3n) is 5.57. The van der Waals surface area contributed by atoms with Crippen molar-refractivity contribution in [3.05, 3.63) is 36.0 Å². The molecule has 0 aliphatic carbocycles. The van der Waals surface area contributed by atoms with Crippen LogP contribution in [0.15, 0.2) is 30.5 Å². The predicted molar refractivity (Wildman–Crippen MR) is 138 cm³/mol. The van der Waals surface area contributed by atoms with Crippen LogP contribution in [0, 0.1) is 0 Å². The molecule has 0 saturated carbocycles. The average molecular weight is 551 g/mol. The predicted octanol–water partition coefficient (Wildman–Crippen LogP) is -1.75. The third kappa shape index (κ3) is 8.77. The Morgan fingerprint density at radius 2 is 1.53 bits per heavy atom. The molecule has 0 spiro atoms. The number of hydrogen-bond acceptors (Lipinski definition) is 8. The highest BCUT2D eigenvalue weighted by molar-refractivity contribution is 7.80. The van der Waals surface area contributed by atoms with E-state index in [9.17, 15) is 39.0 Å². The summed E-state index contributed by atoms with van der Waals surface area (Å²) in [6, 6.07) is 1.52. The number of rotatable bonds is 15. The molecule has 0 aliphatic heterocycles. The number of thiol groups is 1. The van der Waals surface area contributed by atoms with Crippen LogP contribution >= 0.6 is 12.6 Å². The summed E-state index contributed by atoms with van der Waals surface area (Å²) >= 11 is 3.90. The monoisotopic (exact) mass is 550 g/mol. The largest absolute Gasteiger partial charge is 0.481 e. The number of nitrogens with one attached hydrogen (secondary N) is 4. The first-order valence-electron chi connectivity index (χ1n) is 11.5. The van der Waals surface area contributed by atoms with Crippen LogP contribution in [0.5, 0.6) is 0 Å². The van der Waals surface area contributed by atoms with Crippen LogP contribution in [0.1, 0.15) is 24.8 Å². The fraction of sp³-hybridized carbons (Fsp3) is 0.391. The minimum Gasteiger partial charge on any atom is -0.481 e. The summed E-state index contributed by atoms with van der Waals surface area (Å²) in [6.45, 7) is 0. The fourth-order valence-electron chi connectivity index (χ4n) is 3.57. The molecule has 4 atom stereocenters. The molecule has 0 radical (unpaired) electrons. The molecule has 0 fully saturated rings. The standard InChI is InChI=1S/C23H30N6O8S/c24-13(10-38)20(33)27-15(5-6-18(25)30)21(34)28-16(8-19(31)32)22(35)29-17(23(36)37)7-11-9-26-14-4-2-1-3-12(11)14/h1-4,9,13,15-17,26,38H,5-8,10,24H2,(H2,25,30)(H,27,33)(H,28,34)(H,29,35)(H,31,32)(H,36,37). The number of primary amides is 1. The molecule has 4 unspecified atom stereocenters. The number of benzene rings is 1. The Kier molecular flexibility index (Phi) is 11.1. The van der Waals surface area contributed by atoms with Crippen LogP contribution in [-0.4, -0.2) is 80.7 Å². The van der Waals surface area contributed by atoms with Gasteiger partial charge in [-0.3, -0.25) is 24.0 Å². The van der Waals surface area contributed by atoms with Gasteiger partial charge in [0.2, 0.25) is 23.6 Å². The van der Waals surface area contributed by atoms with Crippen molar-refractivity contribution in [1.82, 2.24) is 20.9 Å². The normalized spacial score (nSPS) is 14.1. The van der Waals surface area contributed by atoms with Crippen molar-refractivity contribution in [2.45, 2.75) is 49.9 Å². The number of fused-ring (bicyclic) bond motifs is 1. The highest BCUT2D eigenvalue weighted by Crippen LogP contribution is 2.19. The molecule has 15 heteroatoms. The molecular formula is C23H30N6O8S. The minimum atomic E-state index is -1.70. The van der Waals surface area contributed by atoms with E-state index in [-0.39, 0.29) is 25.0 Å². The maximum atomic E-state index is 12.9. The molecule has 1 heterocycles. The van der Waals surface area contributed by atoms with Crippen molar-refractivity contribution in [1.29, 1.82) is 0 Å². The van der Waals surface area contributed by atoms with Crippen LogP contribution in [0.2, 0.25) is 0 Å². The Balaban J connectivity index is 2.19. The van der Waals surface area contributed by atoms with E-state index in [2.05, 4.69) is 33.6 Å². The summed E-state index contributed by atoms with van der Waals surface area (Å²) in [5, 5.41) is 26.5. The van der Waals surface area contributed by atoms with Crippen molar-refractivity contribution >= 4 is 59.1 Å². The van der Waals surface area contributed by atoms with E-state index in [0.29, 0.717) is 5.56 Å². The van der Waals surface area contributed by atoms with E-state index in [1.807, 2.05) is 0 Å². The Morgan fingerprint density at radius 1 is 0.921 bits per heavy atom. The number of carbonyl (C=O) groups is 6. The summed E-state index contributed by atoms with van der Waals surface area (Å²) in [7, 11) is 0. The number of H-pyrrole nitrogens is 1. The lowest BCUT2D eigenvalue weighted by atomic mass is 10.0. The lowest BCUT2D eigenvalue weighted by molar-refractivity contribution is -0.143. The molecule has 2 aromatic rings. The van der Waals surface area contributed by atoms with E-state index in [1.54, 1.807) is 30.5 Å². The Hall–Kier alpha value is -4.11. The first-order chi connectivity index (χ1) is 17.9. The Bertz CT molecular complexity index is 1200. The van der Waals surface area contributed by atoms with E-state index < -0.39 is 66.2 Å². The van der Waals surface area contributed by atoms with Gasteiger partial charge >= 0.3 is 11.9 Å². The highest BCUT2D eigenvalue weighted by Gasteiger charge is 2.32. The second-order valence-corrected chi connectivity index (χ2v) is 8.84. The number of nitrogens with two attached hydrogens (primary N) is 2. The van der Waals surface area contributed by atoms with Gasteiger partial charge in [-0.05, 0) is 18.1 Å². The van der Waals surface area contributed by atoms with Crippen LogP contribution in [0.4, 0.5) is 0 Å². The SMILES string of the molecule is NC(=O)CCC(NC(=O)C(N)CS)C(=O)NC(CC(=O)O)C(=O)NC(Cc1c[nH]c2ccccc12)C(=O)O. The number of aliphatic carboxylic acids is 2. The van der Waals surface area contributed by atoms with Gasteiger partial charge in [0.25, 0.3) is 0 Å². The number of carboxylic acid groups (broad SMARTS) is 2. The van der Waals surface area contributed by atoms with Gasteiger partial charge in [-0.15, -0.1) is 0 Å². The molecule has 206 valence electrons. The van der Waals surface area contributed by atoms with Gasteiger partial charge in [0.1, 0.15) is 18.1 Å². The third-order valence-corrected chi connectivity index (χ3v) is 5.96. The molecular weight excluding hydrogens is 520 g/mol. The summed E-state index contributed by atoms with van der Waals surface area (Å²) < 4.78 is 0. The minimum absolute atomic E-state index is 0.0486. The van der Waals surface area contributed by atoms with E-state index in [0.717, 1.165) is 10.9 Å². The van der Waals surface area contributed by atoms with Gasteiger partial charge in [-0.1, -0.05) is 18.2 Å². The number of aromatic amines is 1. The Morgan fingerprint density at radius 3 is 2.13 bits per heavy atom. The number of aromatic nitrogens is 1. The topological polar surface area (TPSA) is 247 Å². The van der Waals surface area contributed by atoms with Crippen LogP contribution in [0.3, 0.4) is 0 Å². The second-order valence-electron chi connectivity index (χ2n) is 8.48. The first-order valence-corrected chi connectivity index (χ1v) is 12.1. The molecule has 10 N–H and O–H groups in total. The zero-order valence-electron chi connectivity index (χ0n) is 20.2. The van der Waals surface area contributed by atoms with Gasteiger partial charge in [0.15, 0.2) is 0 Å². The van der Waals surface area contributed by atoms with Crippen molar-refractivity contribution in [3.63, 3.8) is 0 Å². The van der Waals surface area contributed by atoms with Crippen LogP contribution in [0.25, 0.3) is 10.9 Å². The molecule has 14 nitrogen and oxygen atoms in total. The number of amides is 4. The molecule has 0 aliphatic rings. The van der Waals surface area contributed by atoms with Gasteiger partial charge in [0.05, 0.1) is 12.5 Å². The number of carbonyl (C=O) groups excluding carboxylic acids is 4. The average Bonchev–Trinajstić information content (AvgIpc) is 3.27. The highest BCUT2D eigenvalue weighted by atomic mass is 32.1. The maximum absolute atomic E-state index is 12.9. The smallest absolute Gasteiger partial charge is 0.326 e. The van der Waals surface area contributed by atoms with E-state index in [4.69, 9.17) is 11.5 Å². The zero-order valence-corrected chi connectivity index (χ0v) is 21.1. The maximum Gasteiger partial charge on any atom is 0.326 e. The molecule has 4 amide bonds.